The van der Waals surface area contributed by atoms with Crippen molar-refractivity contribution in [3.8, 4) is 0 Å². The minimum Gasteiger partial charge on any atom is -0.409 e. The third-order valence-electron chi connectivity index (χ3n) is 3.05. The van der Waals surface area contributed by atoms with Crippen LogP contribution in [0.2, 0.25) is 0 Å². The predicted octanol–water partition coefficient (Wildman–Crippen LogP) is 0.959. The number of anilines is 1. The smallest absolute Gasteiger partial charge is 0.254 e. The van der Waals surface area contributed by atoms with E-state index < -0.39 is 6.04 Å². The van der Waals surface area contributed by atoms with Crippen molar-refractivity contribution in [2.75, 3.05) is 26.0 Å². The van der Waals surface area contributed by atoms with Crippen molar-refractivity contribution in [2.45, 2.75) is 13.0 Å². The van der Waals surface area contributed by atoms with Crippen LogP contribution in [0.4, 0.5) is 5.69 Å². The van der Waals surface area contributed by atoms with Gasteiger partial charge in [0.25, 0.3) is 5.91 Å². The molecule has 0 aliphatic carbocycles. The number of oxime groups is 1. The molecule has 0 heterocycles. The highest BCUT2D eigenvalue weighted by Crippen LogP contribution is 2.15. The van der Waals surface area contributed by atoms with Gasteiger partial charge in [-0.05, 0) is 25.1 Å². The lowest BCUT2D eigenvalue weighted by Gasteiger charge is -2.24. The molecule has 0 spiro atoms. The monoisotopic (exact) mass is 264 g/mol. The zero-order valence-corrected chi connectivity index (χ0v) is 11.7. The number of likely N-dealkylation sites (N-methyl/N-ethyl adjacent to an activating group) is 1. The summed E-state index contributed by atoms with van der Waals surface area (Å²) in [7, 11) is 5.44. The summed E-state index contributed by atoms with van der Waals surface area (Å²) in [6.07, 6.45) is 0. The lowest BCUT2D eigenvalue weighted by atomic mass is 10.1. The van der Waals surface area contributed by atoms with E-state index in [0.717, 1.165) is 5.69 Å². The molecule has 0 bridgehead atoms. The normalized spacial score (nSPS) is 12.9. The zero-order chi connectivity index (χ0) is 14.6. The van der Waals surface area contributed by atoms with Crippen LogP contribution in [-0.2, 0) is 0 Å². The Bertz CT molecular complexity index is 485. The summed E-state index contributed by atoms with van der Waals surface area (Å²) >= 11 is 0. The maximum absolute atomic E-state index is 12.3. The van der Waals surface area contributed by atoms with Crippen LogP contribution in [-0.4, -0.2) is 49.0 Å². The largest absolute Gasteiger partial charge is 0.409 e. The topological polar surface area (TPSA) is 82.2 Å². The van der Waals surface area contributed by atoms with E-state index in [9.17, 15) is 4.79 Å². The molecule has 1 amide bonds. The molecule has 1 unspecified atom stereocenters. The molecule has 1 aromatic rings. The Morgan fingerprint density at radius 3 is 2.53 bits per heavy atom. The number of benzene rings is 1. The number of amidine groups is 1. The van der Waals surface area contributed by atoms with Crippen LogP contribution in [0.25, 0.3) is 0 Å². The molecule has 1 aromatic carbocycles. The van der Waals surface area contributed by atoms with Crippen molar-refractivity contribution >= 4 is 17.4 Å². The lowest BCUT2D eigenvalue weighted by Crippen LogP contribution is -2.43. The van der Waals surface area contributed by atoms with Crippen molar-refractivity contribution in [2.24, 2.45) is 10.9 Å². The zero-order valence-electron chi connectivity index (χ0n) is 11.7. The number of rotatable bonds is 4. The van der Waals surface area contributed by atoms with E-state index in [4.69, 9.17) is 10.9 Å². The number of carbonyl (C=O) groups is 1. The van der Waals surface area contributed by atoms with E-state index in [0.29, 0.717) is 5.56 Å². The van der Waals surface area contributed by atoms with Gasteiger partial charge in [0.2, 0.25) is 0 Å². The van der Waals surface area contributed by atoms with Gasteiger partial charge in [-0.3, -0.25) is 4.79 Å². The Balaban J connectivity index is 2.97. The van der Waals surface area contributed by atoms with Gasteiger partial charge in [0.05, 0.1) is 6.04 Å². The fraction of sp³-hybridized carbons (Fsp3) is 0.385. The molecule has 0 saturated heterocycles. The molecule has 104 valence electrons. The SMILES string of the molecule is CC(C(N)=NO)N(C)C(=O)c1cccc(N(C)C)c1. The van der Waals surface area contributed by atoms with E-state index in [1.165, 1.54) is 4.90 Å². The van der Waals surface area contributed by atoms with Crippen LogP contribution in [0.5, 0.6) is 0 Å². The number of nitrogens with zero attached hydrogens (tertiary/aromatic N) is 3. The van der Waals surface area contributed by atoms with Crippen molar-refractivity contribution in [1.29, 1.82) is 0 Å². The second-order valence-corrected chi connectivity index (χ2v) is 4.56. The van der Waals surface area contributed by atoms with E-state index >= 15 is 0 Å². The summed E-state index contributed by atoms with van der Waals surface area (Å²) in [5, 5.41) is 11.6. The number of nitrogens with two attached hydrogens (primary N) is 1. The summed E-state index contributed by atoms with van der Waals surface area (Å²) in [4.78, 5) is 15.7. The van der Waals surface area contributed by atoms with Crippen molar-refractivity contribution in [3.63, 3.8) is 0 Å². The summed E-state index contributed by atoms with van der Waals surface area (Å²) in [6.45, 7) is 1.70. The first-order valence-electron chi connectivity index (χ1n) is 5.90. The maximum atomic E-state index is 12.3. The maximum Gasteiger partial charge on any atom is 0.254 e. The second-order valence-electron chi connectivity index (χ2n) is 4.56. The molecule has 1 rings (SSSR count). The first kappa shape index (κ1) is 14.8. The third kappa shape index (κ3) is 3.37. The molecule has 0 radical (unpaired) electrons. The number of amides is 1. The molecule has 19 heavy (non-hydrogen) atoms. The van der Waals surface area contributed by atoms with Gasteiger partial charge >= 0.3 is 0 Å². The summed E-state index contributed by atoms with van der Waals surface area (Å²) in [6, 6.07) is 6.82. The molecule has 3 N–H and O–H groups in total. The fourth-order valence-electron chi connectivity index (χ4n) is 1.58. The minimum atomic E-state index is -0.472. The van der Waals surface area contributed by atoms with Crippen LogP contribution in [0, 0.1) is 0 Å². The highest BCUT2D eigenvalue weighted by atomic mass is 16.4. The first-order chi connectivity index (χ1) is 8.88. The van der Waals surface area contributed by atoms with Crippen molar-refractivity contribution in [3.05, 3.63) is 29.8 Å². The molecular weight excluding hydrogens is 244 g/mol. The van der Waals surface area contributed by atoms with Crippen LogP contribution in [0.15, 0.2) is 29.4 Å². The standard InChI is InChI=1S/C13H20N4O2/c1-9(12(14)15-19)17(4)13(18)10-6-5-7-11(8-10)16(2)3/h5-9,19H,1-4H3,(H2,14,15). The van der Waals surface area contributed by atoms with Crippen molar-refractivity contribution < 1.29 is 10.0 Å². The van der Waals surface area contributed by atoms with E-state index in [-0.39, 0.29) is 11.7 Å². The number of hydrogen-bond donors (Lipinski definition) is 2. The van der Waals surface area contributed by atoms with Gasteiger partial charge in [-0.15, -0.1) is 0 Å². The highest BCUT2D eigenvalue weighted by molar-refractivity contribution is 5.98. The quantitative estimate of drug-likeness (QED) is 0.367. The van der Waals surface area contributed by atoms with Gasteiger partial charge in [-0.1, -0.05) is 11.2 Å². The van der Waals surface area contributed by atoms with E-state index in [1.807, 2.05) is 31.1 Å². The van der Waals surface area contributed by atoms with E-state index in [1.54, 1.807) is 26.1 Å². The van der Waals surface area contributed by atoms with Gasteiger partial charge < -0.3 is 20.7 Å². The Morgan fingerprint density at radius 1 is 1.37 bits per heavy atom. The molecule has 0 saturated carbocycles. The molecule has 1 atom stereocenters. The van der Waals surface area contributed by atoms with Crippen LogP contribution in [0.3, 0.4) is 0 Å². The third-order valence-corrected chi connectivity index (χ3v) is 3.05. The average molecular weight is 264 g/mol. The summed E-state index contributed by atoms with van der Waals surface area (Å²) in [5.74, 6) is -0.178. The minimum absolute atomic E-state index is 0.000357. The predicted molar refractivity (Wildman–Crippen MR) is 75.7 cm³/mol. The van der Waals surface area contributed by atoms with Crippen LogP contribution < -0.4 is 10.6 Å². The van der Waals surface area contributed by atoms with Crippen molar-refractivity contribution in [1.82, 2.24) is 4.90 Å². The molecule has 0 aliphatic rings. The number of hydrogen-bond acceptors (Lipinski definition) is 4. The Hall–Kier alpha value is -2.24. The Kier molecular flexibility index (Phi) is 4.74. The van der Waals surface area contributed by atoms with Crippen LogP contribution >= 0.6 is 0 Å². The van der Waals surface area contributed by atoms with Gasteiger partial charge in [-0.25, -0.2) is 0 Å². The van der Waals surface area contributed by atoms with Gasteiger partial charge in [-0.2, -0.15) is 0 Å². The molecule has 6 nitrogen and oxygen atoms in total. The number of carbonyl (C=O) groups excluding carboxylic acids is 1. The molecular formula is C13H20N4O2. The highest BCUT2D eigenvalue weighted by Gasteiger charge is 2.20. The summed E-state index contributed by atoms with van der Waals surface area (Å²) < 4.78 is 0. The summed E-state index contributed by atoms with van der Waals surface area (Å²) in [5.41, 5.74) is 7.01. The van der Waals surface area contributed by atoms with Crippen LogP contribution in [0.1, 0.15) is 17.3 Å². The Morgan fingerprint density at radius 2 is 2.00 bits per heavy atom. The molecule has 0 fully saturated rings. The second kappa shape index (κ2) is 6.08. The van der Waals surface area contributed by atoms with Gasteiger partial charge in [0, 0.05) is 32.4 Å². The van der Waals surface area contributed by atoms with Gasteiger partial charge in [0.15, 0.2) is 5.84 Å². The molecule has 6 heteroatoms. The molecule has 0 aliphatic heterocycles. The van der Waals surface area contributed by atoms with Gasteiger partial charge in [0.1, 0.15) is 0 Å². The molecule has 0 aromatic heterocycles. The fourth-order valence-corrected chi connectivity index (χ4v) is 1.58. The van der Waals surface area contributed by atoms with E-state index in [2.05, 4.69) is 5.16 Å². The first-order valence-corrected chi connectivity index (χ1v) is 5.90. The Labute approximate surface area is 113 Å². The lowest BCUT2D eigenvalue weighted by molar-refractivity contribution is 0.0776. The average Bonchev–Trinajstić information content (AvgIpc) is 2.44.